The van der Waals surface area contributed by atoms with Crippen molar-refractivity contribution in [2.45, 2.75) is 19.4 Å². The molecule has 0 saturated heterocycles. The monoisotopic (exact) mass is 300 g/mol. The van der Waals surface area contributed by atoms with Crippen LogP contribution in [0.25, 0.3) is 0 Å². The maximum atomic E-state index is 13.2. The molecule has 0 aromatic heterocycles. The van der Waals surface area contributed by atoms with E-state index in [-0.39, 0.29) is 24.1 Å². The minimum absolute atomic E-state index is 0.218. The third kappa shape index (κ3) is 4.70. The molecule has 0 aliphatic heterocycles. The van der Waals surface area contributed by atoms with Gasteiger partial charge in [0, 0.05) is 19.0 Å². The summed E-state index contributed by atoms with van der Waals surface area (Å²) in [5, 5.41) is 5.33. The molecule has 0 fully saturated rings. The first-order valence-corrected chi connectivity index (χ1v) is 6.92. The molecule has 22 heavy (non-hydrogen) atoms. The van der Waals surface area contributed by atoms with E-state index in [4.69, 9.17) is 0 Å². The third-order valence-electron chi connectivity index (χ3n) is 3.06. The lowest BCUT2D eigenvalue weighted by Gasteiger charge is -2.18. The first-order valence-electron chi connectivity index (χ1n) is 6.92. The van der Waals surface area contributed by atoms with E-state index in [2.05, 4.69) is 10.6 Å². The van der Waals surface area contributed by atoms with Gasteiger partial charge in [0.2, 0.25) is 11.8 Å². The minimum atomic E-state index is -0.764. The molecule has 1 unspecified atom stereocenters. The van der Waals surface area contributed by atoms with Crippen LogP contribution in [0.1, 0.15) is 12.5 Å². The molecule has 2 rings (SSSR count). The van der Waals surface area contributed by atoms with Crippen LogP contribution in [0.4, 0.5) is 10.1 Å². The molecule has 0 spiro atoms. The molecule has 0 bridgehead atoms. The Kier molecular flexibility index (Phi) is 5.25. The van der Waals surface area contributed by atoms with Gasteiger partial charge < -0.3 is 10.6 Å². The number of benzene rings is 2. The fraction of sp³-hybridized carbons (Fsp3) is 0.176. The Bertz CT molecular complexity index is 659. The van der Waals surface area contributed by atoms with Crippen LogP contribution in [-0.4, -0.2) is 17.9 Å². The number of hydrogen-bond donors (Lipinski definition) is 2. The molecule has 5 heteroatoms. The van der Waals surface area contributed by atoms with E-state index in [0.29, 0.717) is 11.3 Å². The maximum absolute atomic E-state index is 13.2. The number of carbonyl (C=O) groups is 2. The zero-order valence-corrected chi connectivity index (χ0v) is 12.2. The SMILES string of the molecule is CC(=O)NC(Cc1cccc(F)c1)C(=O)Nc1ccccc1. The normalized spacial score (nSPS) is 11.5. The van der Waals surface area contributed by atoms with Crippen LogP contribution < -0.4 is 10.6 Å². The predicted molar refractivity (Wildman–Crippen MR) is 82.8 cm³/mol. The highest BCUT2D eigenvalue weighted by Gasteiger charge is 2.20. The van der Waals surface area contributed by atoms with Crippen LogP contribution in [-0.2, 0) is 16.0 Å². The largest absolute Gasteiger partial charge is 0.344 e. The van der Waals surface area contributed by atoms with Crippen LogP contribution >= 0.6 is 0 Å². The van der Waals surface area contributed by atoms with E-state index in [1.807, 2.05) is 6.07 Å². The summed E-state index contributed by atoms with van der Waals surface area (Å²) in [4.78, 5) is 23.6. The van der Waals surface area contributed by atoms with Gasteiger partial charge in [-0.1, -0.05) is 30.3 Å². The highest BCUT2D eigenvalue weighted by Crippen LogP contribution is 2.10. The molecular formula is C17H17FN2O2. The quantitative estimate of drug-likeness (QED) is 0.891. The smallest absolute Gasteiger partial charge is 0.247 e. The van der Waals surface area contributed by atoms with Crippen molar-refractivity contribution in [3.8, 4) is 0 Å². The van der Waals surface area contributed by atoms with Crippen molar-refractivity contribution >= 4 is 17.5 Å². The average molecular weight is 300 g/mol. The Morgan fingerprint density at radius 3 is 2.45 bits per heavy atom. The summed E-state index contributed by atoms with van der Waals surface area (Å²) in [5.74, 6) is -1.03. The van der Waals surface area contributed by atoms with Crippen LogP contribution in [0.3, 0.4) is 0 Å². The van der Waals surface area contributed by atoms with Crippen LogP contribution in [0.2, 0.25) is 0 Å². The molecular weight excluding hydrogens is 283 g/mol. The topological polar surface area (TPSA) is 58.2 Å². The van der Waals surface area contributed by atoms with Crippen LogP contribution in [0.5, 0.6) is 0 Å². The Balaban J connectivity index is 2.11. The lowest BCUT2D eigenvalue weighted by molar-refractivity contribution is -0.125. The second-order valence-corrected chi connectivity index (χ2v) is 4.94. The Hall–Kier alpha value is -2.69. The number of hydrogen-bond acceptors (Lipinski definition) is 2. The van der Waals surface area contributed by atoms with Gasteiger partial charge in [-0.05, 0) is 29.8 Å². The Morgan fingerprint density at radius 2 is 1.82 bits per heavy atom. The summed E-state index contributed by atoms with van der Waals surface area (Å²) in [6, 6.07) is 14.2. The molecule has 2 aromatic rings. The van der Waals surface area contributed by atoms with Crippen molar-refractivity contribution in [3.05, 3.63) is 66.0 Å². The second-order valence-electron chi connectivity index (χ2n) is 4.94. The third-order valence-corrected chi connectivity index (χ3v) is 3.06. The van der Waals surface area contributed by atoms with Gasteiger partial charge in [0.15, 0.2) is 0 Å². The number of nitrogens with one attached hydrogen (secondary N) is 2. The van der Waals surface area contributed by atoms with Crippen molar-refractivity contribution in [1.29, 1.82) is 0 Å². The summed E-state index contributed by atoms with van der Waals surface area (Å²) in [6.07, 6.45) is 0.218. The molecule has 1 atom stereocenters. The highest BCUT2D eigenvalue weighted by molar-refractivity contribution is 5.97. The summed E-state index contributed by atoms with van der Waals surface area (Å²) in [5.41, 5.74) is 1.28. The van der Waals surface area contributed by atoms with Crippen molar-refractivity contribution in [1.82, 2.24) is 5.32 Å². The Morgan fingerprint density at radius 1 is 1.09 bits per heavy atom. The number of anilines is 1. The molecule has 2 amide bonds. The summed E-state index contributed by atoms with van der Waals surface area (Å²) >= 11 is 0. The molecule has 0 radical (unpaired) electrons. The van der Waals surface area contributed by atoms with E-state index in [1.165, 1.54) is 19.1 Å². The van der Waals surface area contributed by atoms with Crippen LogP contribution in [0.15, 0.2) is 54.6 Å². The first-order chi connectivity index (χ1) is 10.5. The van der Waals surface area contributed by atoms with Gasteiger partial charge >= 0.3 is 0 Å². The van der Waals surface area contributed by atoms with Gasteiger partial charge in [0.25, 0.3) is 0 Å². The van der Waals surface area contributed by atoms with E-state index in [9.17, 15) is 14.0 Å². The van der Waals surface area contributed by atoms with E-state index in [0.717, 1.165) is 0 Å². The molecule has 0 aliphatic carbocycles. The number of halogens is 1. The van der Waals surface area contributed by atoms with Crippen molar-refractivity contribution in [3.63, 3.8) is 0 Å². The van der Waals surface area contributed by atoms with Gasteiger partial charge in [0.05, 0.1) is 0 Å². The van der Waals surface area contributed by atoms with Crippen molar-refractivity contribution in [2.24, 2.45) is 0 Å². The van der Waals surface area contributed by atoms with E-state index < -0.39 is 6.04 Å². The zero-order chi connectivity index (χ0) is 15.9. The standard InChI is InChI=1S/C17H17FN2O2/c1-12(21)19-16(11-13-6-5-7-14(18)10-13)17(22)20-15-8-3-2-4-9-15/h2-10,16H,11H2,1H3,(H,19,21)(H,20,22). The molecule has 0 aliphatic rings. The molecule has 4 nitrogen and oxygen atoms in total. The lowest BCUT2D eigenvalue weighted by Crippen LogP contribution is -2.44. The average Bonchev–Trinajstić information content (AvgIpc) is 2.47. The predicted octanol–water partition coefficient (Wildman–Crippen LogP) is 2.51. The minimum Gasteiger partial charge on any atom is -0.344 e. The summed E-state index contributed by atoms with van der Waals surface area (Å²) < 4.78 is 13.2. The number of carbonyl (C=O) groups excluding carboxylic acids is 2. The molecule has 0 heterocycles. The second kappa shape index (κ2) is 7.36. The van der Waals surface area contributed by atoms with E-state index >= 15 is 0 Å². The molecule has 2 N–H and O–H groups in total. The van der Waals surface area contributed by atoms with Gasteiger partial charge in [-0.2, -0.15) is 0 Å². The lowest BCUT2D eigenvalue weighted by atomic mass is 10.0. The molecule has 114 valence electrons. The van der Waals surface area contributed by atoms with Gasteiger partial charge in [0.1, 0.15) is 11.9 Å². The molecule has 2 aromatic carbocycles. The fourth-order valence-corrected chi connectivity index (χ4v) is 2.11. The van der Waals surface area contributed by atoms with Crippen molar-refractivity contribution < 1.29 is 14.0 Å². The number of amides is 2. The Labute approximate surface area is 128 Å². The number of rotatable bonds is 5. The first kappa shape index (κ1) is 15.7. The molecule has 0 saturated carbocycles. The highest BCUT2D eigenvalue weighted by atomic mass is 19.1. The van der Waals surface area contributed by atoms with Crippen molar-refractivity contribution in [2.75, 3.05) is 5.32 Å². The van der Waals surface area contributed by atoms with Gasteiger partial charge in [-0.15, -0.1) is 0 Å². The summed E-state index contributed by atoms with van der Waals surface area (Å²) in [6.45, 7) is 1.34. The number of para-hydroxylation sites is 1. The zero-order valence-electron chi connectivity index (χ0n) is 12.2. The maximum Gasteiger partial charge on any atom is 0.247 e. The summed E-state index contributed by atoms with van der Waals surface area (Å²) in [7, 11) is 0. The van der Waals surface area contributed by atoms with E-state index in [1.54, 1.807) is 36.4 Å². The van der Waals surface area contributed by atoms with Gasteiger partial charge in [-0.25, -0.2) is 4.39 Å². The van der Waals surface area contributed by atoms with Gasteiger partial charge in [-0.3, -0.25) is 9.59 Å². The van der Waals surface area contributed by atoms with Crippen LogP contribution in [0, 0.1) is 5.82 Å². The fourth-order valence-electron chi connectivity index (χ4n) is 2.11.